The number of carbonyl (C=O) groups excluding carboxylic acids is 4. The number of ether oxygens (including phenoxy) is 1. The van der Waals surface area contributed by atoms with E-state index < -0.39 is 47.7 Å². The first-order valence-corrected chi connectivity index (χ1v) is 16.1. The molecule has 3 atom stereocenters. The molecule has 45 heavy (non-hydrogen) atoms. The average molecular weight is 657 g/mol. The lowest BCUT2D eigenvalue weighted by Crippen LogP contribution is -2.57. The zero-order valence-corrected chi connectivity index (χ0v) is 27.2. The van der Waals surface area contributed by atoms with Crippen LogP contribution in [0.25, 0.3) is 10.1 Å². The van der Waals surface area contributed by atoms with E-state index in [1.165, 1.54) is 11.3 Å². The van der Waals surface area contributed by atoms with Gasteiger partial charge in [-0.15, -0.1) is 11.3 Å². The number of carboxylic acid groups (broad SMARTS) is 1. The highest BCUT2D eigenvalue weighted by molar-refractivity contribution is 7.80. The molecule has 13 heteroatoms. The molecule has 0 bridgehead atoms. The molecule has 0 unspecified atom stereocenters. The number of methoxy groups -OCH3 is 1. The monoisotopic (exact) mass is 656 g/mol. The molecular weight excluding hydrogens is 617 g/mol. The molecule has 3 rings (SSSR count). The van der Waals surface area contributed by atoms with Crippen molar-refractivity contribution in [2.75, 3.05) is 19.4 Å². The van der Waals surface area contributed by atoms with Crippen molar-refractivity contribution in [1.29, 1.82) is 0 Å². The molecule has 1 aromatic heterocycles. The maximum Gasteiger partial charge on any atom is 0.303 e. The molecule has 0 aliphatic rings. The number of nitrogens with one attached hydrogen (secondary N) is 4. The van der Waals surface area contributed by atoms with E-state index in [1.54, 1.807) is 13.2 Å². The minimum Gasteiger partial charge on any atom is -0.497 e. The number of carboxylic acids is 1. The molecule has 0 radical (unpaired) electrons. The molecule has 0 saturated carbocycles. The lowest BCUT2D eigenvalue weighted by Gasteiger charge is -2.25. The van der Waals surface area contributed by atoms with Gasteiger partial charge in [0.2, 0.25) is 17.7 Å². The highest BCUT2D eigenvalue weighted by Crippen LogP contribution is 2.25. The van der Waals surface area contributed by atoms with Gasteiger partial charge in [0.15, 0.2) is 0 Å². The number of fused-ring (bicyclic) bond motifs is 1. The van der Waals surface area contributed by atoms with Crippen molar-refractivity contribution in [3.05, 3.63) is 65.0 Å². The van der Waals surface area contributed by atoms with Crippen LogP contribution in [-0.2, 0) is 25.6 Å². The van der Waals surface area contributed by atoms with Crippen LogP contribution >= 0.6 is 24.0 Å². The van der Waals surface area contributed by atoms with Crippen molar-refractivity contribution in [2.45, 2.75) is 57.7 Å². The lowest BCUT2D eigenvalue weighted by atomic mass is 10.0. The average Bonchev–Trinajstić information content (AvgIpc) is 3.46. The summed E-state index contributed by atoms with van der Waals surface area (Å²) in [4.78, 5) is 64.4. The molecule has 0 aliphatic carbocycles. The lowest BCUT2D eigenvalue weighted by molar-refractivity contribution is -0.137. The Morgan fingerprint density at radius 2 is 1.56 bits per heavy atom. The molecule has 0 fully saturated rings. The summed E-state index contributed by atoms with van der Waals surface area (Å²) >= 11 is 5.50. The van der Waals surface area contributed by atoms with Crippen LogP contribution in [0.2, 0.25) is 0 Å². The molecule has 11 nitrogen and oxygen atoms in total. The number of hydrogen-bond donors (Lipinski definition) is 6. The van der Waals surface area contributed by atoms with Crippen LogP contribution in [0, 0.1) is 5.92 Å². The summed E-state index contributed by atoms with van der Waals surface area (Å²) in [7, 11) is 1.59. The predicted octanol–water partition coefficient (Wildman–Crippen LogP) is 3.18. The minimum absolute atomic E-state index is 0.0144. The van der Waals surface area contributed by atoms with E-state index in [-0.39, 0.29) is 30.9 Å². The standard InChI is InChI=1S/C32H40N4O7S2/c1-19(2)16-24(31(41)36-25(18-44)29(39)33-15-14-20-8-10-22(43-3)11-9-20)35-30(40)23(12-13-28(37)38)34-32(42)27-17-21-6-4-5-7-26(21)45-27/h4-11,17,19,23-25,44H,12-16,18H2,1-3H3,(H,33,39)(H,34,42)(H,35,40)(H,36,41)(H,37,38)/t23-,24-,25-/m0/s1. The van der Waals surface area contributed by atoms with Gasteiger partial charge >= 0.3 is 5.97 Å². The van der Waals surface area contributed by atoms with Crippen LogP contribution in [0.1, 0.15) is 48.3 Å². The highest BCUT2D eigenvalue weighted by atomic mass is 32.1. The van der Waals surface area contributed by atoms with E-state index in [1.807, 2.05) is 62.4 Å². The minimum atomic E-state index is -1.21. The number of benzene rings is 2. The first-order chi connectivity index (χ1) is 21.5. The summed E-state index contributed by atoms with van der Waals surface area (Å²) in [6, 6.07) is 13.4. The number of aliphatic carboxylic acids is 1. The molecular formula is C32H40N4O7S2. The van der Waals surface area contributed by atoms with Gasteiger partial charge in [0.25, 0.3) is 5.91 Å². The second-order valence-corrected chi connectivity index (χ2v) is 12.4. The van der Waals surface area contributed by atoms with E-state index in [9.17, 15) is 29.1 Å². The molecule has 0 aliphatic heterocycles. The fourth-order valence-corrected chi connectivity index (χ4v) is 5.77. The van der Waals surface area contributed by atoms with Gasteiger partial charge < -0.3 is 31.1 Å². The topological polar surface area (TPSA) is 163 Å². The van der Waals surface area contributed by atoms with Crippen LogP contribution in [0.4, 0.5) is 0 Å². The van der Waals surface area contributed by atoms with Crippen molar-refractivity contribution in [3.63, 3.8) is 0 Å². The normalized spacial score (nSPS) is 13.0. The first-order valence-electron chi connectivity index (χ1n) is 14.6. The maximum atomic E-state index is 13.4. The summed E-state index contributed by atoms with van der Waals surface area (Å²) < 4.78 is 6.05. The molecule has 242 valence electrons. The zero-order valence-electron chi connectivity index (χ0n) is 25.5. The van der Waals surface area contributed by atoms with Gasteiger partial charge in [0, 0.05) is 23.4 Å². The summed E-state index contributed by atoms with van der Waals surface area (Å²) in [6.45, 7) is 4.08. The number of hydrogen-bond acceptors (Lipinski definition) is 8. The molecule has 3 aromatic rings. The number of carbonyl (C=O) groups is 5. The zero-order chi connectivity index (χ0) is 32.9. The Morgan fingerprint density at radius 3 is 2.18 bits per heavy atom. The van der Waals surface area contributed by atoms with Gasteiger partial charge in [-0.1, -0.05) is 44.2 Å². The molecule has 0 spiro atoms. The van der Waals surface area contributed by atoms with Gasteiger partial charge in [-0.3, -0.25) is 24.0 Å². The van der Waals surface area contributed by atoms with Crippen LogP contribution in [0.3, 0.4) is 0 Å². The fourth-order valence-electron chi connectivity index (χ4n) is 4.55. The molecule has 1 heterocycles. The van der Waals surface area contributed by atoms with Gasteiger partial charge in [-0.2, -0.15) is 12.6 Å². The van der Waals surface area contributed by atoms with E-state index >= 15 is 0 Å². The van der Waals surface area contributed by atoms with Gasteiger partial charge in [0.1, 0.15) is 23.9 Å². The van der Waals surface area contributed by atoms with Gasteiger partial charge in [-0.25, -0.2) is 0 Å². The molecule has 2 aromatic carbocycles. The third-order valence-corrected chi connectivity index (χ3v) is 8.43. The number of thiol groups is 1. The van der Waals surface area contributed by atoms with Crippen LogP contribution in [-0.4, -0.2) is 72.2 Å². The number of thiophene rings is 1. The van der Waals surface area contributed by atoms with Gasteiger partial charge in [0.05, 0.1) is 12.0 Å². The van der Waals surface area contributed by atoms with Gasteiger partial charge in [-0.05, 0) is 60.4 Å². The van der Waals surface area contributed by atoms with E-state index in [0.29, 0.717) is 17.8 Å². The van der Waals surface area contributed by atoms with Crippen LogP contribution in [0.15, 0.2) is 54.6 Å². The quantitative estimate of drug-likeness (QED) is 0.122. The largest absolute Gasteiger partial charge is 0.497 e. The van der Waals surface area contributed by atoms with Crippen molar-refractivity contribution >= 4 is 63.6 Å². The second kappa shape index (κ2) is 17.4. The summed E-state index contributed by atoms with van der Waals surface area (Å²) in [5, 5.41) is 20.9. The van der Waals surface area contributed by atoms with Crippen LogP contribution < -0.4 is 26.0 Å². The smallest absolute Gasteiger partial charge is 0.303 e. The van der Waals surface area contributed by atoms with Crippen molar-refractivity contribution in [3.8, 4) is 5.75 Å². The summed E-state index contributed by atoms with van der Waals surface area (Å²) in [5.74, 6) is -2.61. The van der Waals surface area contributed by atoms with Crippen molar-refractivity contribution in [1.82, 2.24) is 21.3 Å². The highest BCUT2D eigenvalue weighted by Gasteiger charge is 2.30. The Hall–Kier alpha value is -4.10. The maximum absolute atomic E-state index is 13.4. The fraction of sp³-hybridized carbons (Fsp3) is 0.406. The van der Waals surface area contributed by atoms with Crippen molar-refractivity contribution in [2.24, 2.45) is 5.92 Å². The Bertz CT molecular complexity index is 1440. The third-order valence-electron chi connectivity index (χ3n) is 6.95. The van der Waals surface area contributed by atoms with E-state index in [4.69, 9.17) is 4.74 Å². The summed E-state index contributed by atoms with van der Waals surface area (Å²) in [5.41, 5.74) is 0.999. The SMILES string of the molecule is COc1ccc(CCNC(=O)[C@H](CS)NC(=O)[C@H](CC(C)C)NC(=O)[C@H](CCC(=O)O)NC(=O)c2cc3ccccc3s2)cc1. The molecule has 0 saturated heterocycles. The van der Waals surface area contributed by atoms with E-state index in [0.717, 1.165) is 21.4 Å². The Morgan fingerprint density at radius 1 is 0.889 bits per heavy atom. The predicted molar refractivity (Wildman–Crippen MR) is 177 cm³/mol. The second-order valence-electron chi connectivity index (χ2n) is 10.9. The van der Waals surface area contributed by atoms with E-state index in [2.05, 4.69) is 33.9 Å². The Balaban J connectivity index is 1.64. The summed E-state index contributed by atoms with van der Waals surface area (Å²) in [6.07, 6.45) is 0.264. The Labute approximate surface area is 271 Å². The Kier molecular flexibility index (Phi) is 13.7. The van der Waals surface area contributed by atoms with Crippen molar-refractivity contribution < 1.29 is 33.8 Å². The number of amides is 4. The molecule has 4 amide bonds. The number of rotatable bonds is 17. The molecule has 5 N–H and O–H groups in total. The third kappa shape index (κ3) is 11.1. The van der Waals surface area contributed by atoms with Crippen LogP contribution in [0.5, 0.6) is 5.75 Å². The first kappa shape index (κ1) is 35.4.